The van der Waals surface area contributed by atoms with E-state index in [0.29, 0.717) is 28.0 Å². The average Bonchev–Trinajstić information content (AvgIpc) is 3.50. The first-order valence-corrected chi connectivity index (χ1v) is 11.1. The van der Waals surface area contributed by atoms with E-state index >= 15 is 0 Å². The molecule has 2 aromatic heterocycles. The number of thiazole rings is 1. The number of ether oxygens (including phenoxy) is 1. The Hall–Kier alpha value is -3.49. The third kappa shape index (κ3) is 5.04. The number of H-pyrrole nitrogens is 1. The van der Waals surface area contributed by atoms with Crippen molar-refractivity contribution >= 4 is 39.9 Å². The predicted molar refractivity (Wildman–Crippen MR) is 125 cm³/mol. The molecular formula is C23H19ClN4O3S. The molecule has 162 valence electrons. The highest BCUT2D eigenvalue weighted by atomic mass is 35.5. The molecular weight excluding hydrogens is 448 g/mol. The number of aromatic amines is 1. The van der Waals surface area contributed by atoms with Gasteiger partial charge < -0.3 is 9.72 Å². The Morgan fingerprint density at radius 1 is 1.12 bits per heavy atom. The van der Waals surface area contributed by atoms with Crippen molar-refractivity contribution in [3.63, 3.8) is 0 Å². The first-order chi connectivity index (χ1) is 15.5. The van der Waals surface area contributed by atoms with E-state index in [4.69, 9.17) is 16.3 Å². The van der Waals surface area contributed by atoms with Crippen LogP contribution in [0.5, 0.6) is 0 Å². The summed E-state index contributed by atoms with van der Waals surface area (Å²) in [4.78, 5) is 36.8. The highest BCUT2D eigenvalue weighted by Crippen LogP contribution is 2.26. The lowest BCUT2D eigenvalue weighted by Gasteiger charge is -2.15. The molecule has 1 amide bonds. The number of nitrogens with one attached hydrogen (secondary N) is 2. The normalized spacial score (nSPS) is 11.7. The van der Waals surface area contributed by atoms with Crippen LogP contribution in [0.4, 0.5) is 5.13 Å². The van der Waals surface area contributed by atoms with Gasteiger partial charge in [-0.2, -0.15) is 0 Å². The quantitative estimate of drug-likeness (QED) is 0.354. The van der Waals surface area contributed by atoms with Gasteiger partial charge in [0.05, 0.1) is 11.3 Å². The molecule has 4 rings (SSSR count). The average molecular weight is 467 g/mol. The van der Waals surface area contributed by atoms with Gasteiger partial charge in [-0.15, -0.1) is 11.3 Å². The van der Waals surface area contributed by atoms with Crippen LogP contribution in [0, 0.1) is 0 Å². The van der Waals surface area contributed by atoms with Crippen molar-refractivity contribution < 1.29 is 14.3 Å². The first kappa shape index (κ1) is 21.7. The van der Waals surface area contributed by atoms with E-state index in [0.717, 1.165) is 16.8 Å². The number of rotatable bonds is 7. The Labute approximate surface area is 193 Å². The monoisotopic (exact) mass is 466 g/mol. The molecule has 9 heteroatoms. The number of benzene rings is 2. The molecule has 7 nitrogen and oxygen atoms in total. The van der Waals surface area contributed by atoms with Gasteiger partial charge in [-0.25, -0.2) is 14.8 Å². The van der Waals surface area contributed by atoms with Crippen LogP contribution in [-0.4, -0.2) is 32.9 Å². The van der Waals surface area contributed by atoms with E-state index in [-0.39, 0.29) is 0 Å². The lowest BCUT2D eigenvalue weighted by Crippen LogP contribution is -2.32. The molecule has 1 atom stereocenters. The summed E-state index contributed by atoms with van der Waals surface area (Å²) in [6.07, 6.45) is 2.78. The number of imidazole rings is 1. The number of anilines is 1. The Morgan fingerprint density at radius 2 is 1.84 bits per heavy atom. The Morgan fingerprint density at radius 3 is 2.50 bits per heavy atom. The van der Waals surface area contributed by atoms with Crippen molar-refractivity contribution in [1.82, 2.24) is 15.0 Å². The number of amides is 1. The minimum atomic E-state index is -0.935. The molecule has 32 heavy (non-hydrogen) atoms. The summed E-state index contributed by atoms with van der Waals surface area (Å²) < 4.78 is 5.44. The highest BCUT2D eigenvalue weighted by molar-refractivity contribution is 7.14. The second kappa shape index (κ2) is 9.76. The second-order valence-corrected chi connectivity index (χ2v) is 8.15. The minimum Gasteiger partial charge on any atom is -0.449 e. The molecule has 0 saturated carbocycles. The molecule has 0 spiro atoms. The van der Waals surface area contributed by atoms with E-state index in [1.165, 1.54) is 11.3 Å². The van der Waals surface area contributed by atoms with Crippen molar-refractivity contribution in [3.05, 3.63) is 76.9 Å². The molecule has 2 heterocycles. The number of aromatic nitrogens is 3. The van der Waals surface area contributed by atoms with Crippen LogP contribution >= 0.6 is 22.9 Å². The van der Waals surface area contributed by atoms with Crippen molar-refractivity contribution in [2.75, 3.05) is 5.32 Å². The van der Waals surface area contributed by atoms with Crippen molar-refractivity contribution in [2.24, 2.45) is 0 Å². The van der Waals surface area contributed by atoms with Crippen LogP contribution in [0.15, 0.2) is 66.3 Å². The van der Waals surface area contributed by atoms with E-state index < -0.39 is 18.0 Å². The molecule has 0 aliphatic rings. The van der Waals surface area contributed by atoms with Crippen molar-refractivity contribution in [2.45, 2.75) is 19.4 Å². The van der Waals surface area contributed by atoms with Gasteiger partial charge in [-0.3, -0.25) is 10.1 Å². The van der Waals surface area contributed by atoms with E-state index in [2.05, 4.69) is 20.3 Å². The number of esters is 1. The number of hydrogen-bond donors (Lipinski definition) is 2. The number of carbonyl (C=O) groups is 2. The van der Waals surface area contributed by atoms with Crippen molar-refractivity contribution in [1.29, 1.82) is 0 Å². The third-order valence-corrected chi connectivity index (χ3v) is 5.69. The maximum Gasteiger partial charge on any atom is 0.338 e. The molecule has 1 unspecified atom stereocenters. The Kier molecular flexibility index (Phi) is 6.63. The summed E-state index contributed by atoms with van der Waals surface area (Å²) in [5.41, 5.74) is 2.81. The SMILES string of the molecule is CCC(OC(=O)c1ccc(-c2ncc[nH]2)cc1)C(=O)Nc1nc(-c2ccc(Cl)cc2)cs1. The van der Waals surface area contributed by atoms with Gasteiger partial charge in [0.25, 0.3) is 5.91 Å². The van der Waals surface area contributed by atoms with Crippen LogP contribution in [0.3, 0.4) is 0 Å². The summed E-state index contributed by atoms with van der Waals surface area (Å²) in [6, 6.07) is 14.1. The molecule has 0 bridgehead atoms. The summed E-state index contributed by atoms with van der Waals surface area (Å²) >= 11 is 7.22. The first-order valence-electron chi connectivity index (χ1n) is 9.86. The molecule has 0 aliphatic heterocycles. The van der Waals surface area contributed by atoms with Gasteiger partial charge in [-0.1, -0.05) is 42.8 Å². The molecule has 0 fully saturated rings. The fourth-order valence-electron chi connectivity index (χ4n) is 2.98. The number of carbonyl (C=O) groups excluding carboxylic acids is 2. The predicted octanol–water partition coefficient (Wildman–Crippen LogP) is 5.43. The van der Waals surface area contributed by atoms with E-state index in [1.807, 2.05) is 17.5 Å². The lowest BCUT2D eigenvalue weighted by atomic mass is 10.1. The van der Waals surface area contributed by atoms with Crippen molar-refractivity contribution in [3.8, 4) is 22.6 Å². The maximum atomic E-state index is 12.7. The van der Waals surface area contributed by atoms with Crippen LogP contribution in [0.25, 0.3) is 22.6 Å². The molecule has 2 N–H and O–H groups in total. The number of halogens is 1. The van der Waals surface area contributed by atoms with Gasteiger partial charge in [-0.05, 0) is 30.7 Å². The van der Waals surface area contributed by atoms with Gasteiger partial charge >= 0.3 is 5.97 Å². The topological polar surface area (TPSA) is 97.0 Å². The molecule has 0 aliphatic carbocycles. The smallest absolute Gasteiger partial charge is 0.338 e. The molecule has 4 aromatic rings. The summed E-state index contributed by atoms with van der Waals surface area (Å²) in [5, 5.41) is 5.64. The zero-order valence-electron chi connectivity index (χ0n) is 17.0. The Bertz CT molecular complexity index is 1210. The van der Waals surface area contributed by atoms with Crippen LogP contribution in [-0.2, 0) is 9.53 Å². The van der Waals surface area contributed by atoms with Crippen LogP contribution < -0.4 is 5.32 Å². The third-order valence-electron chi connectivity index (χ3n) is 4.68. The summed E-state index contributed by atoms with van der Waals surface area (Å²) in [7, 11) is 0. The number of nitrogens with zero attached hydrogens (tertiary/aromatic N) is 2. The second-order valence-electron chi connectivity index (χ2n) is 6.85. The van der Waals surface area contributed by atoms with Crippen LogP contribution in [0.1, 0.15) is 23.7 Å². The largest absolute Gasteiger partial charge is 0.449 e. The fourth-order valence-corrected chi connectivity index (χ4v) is 3.83. The maximum absolute atomic E-state index is 12.7. The lowest BCUT2D eigenvalue weighted by molar-refractivity contribution is -0.124. The van der Waals surface area contributed by atoms with Gasteiger partial charge in [0.15, 0.2) is 11.2 Å². The summed E-state index contributed by atoms with van der Waals surface area (Å²) in [6.45, 7) is 1.78. The standard InChI is InChI=1S/C23H19ClN4O3S/c1-2-19(31-22(30)16-5-3-15(4-6-16)20-25-11-12-26-20)21(29)28-23-27-18(13-32-23)14-7-9-17(24)10-8-14/h3-13,19H,2H2,1H3,(H,25,26)(H,27,28,29). The van der Waals surface area contributed by atoms with Gasteiger partial charge in [0, 0.05) is 33.9 Å². The van der Waals surface area contributed by atoms with Gasteiger partial charge in [0.1, 0.15) is 5.82 Å². The molecule has 2 aromatic carbocycles. The summed E-state index contributed by atoms with van der Waals surface area (Å²) in [5.74, 6) is -0.291. The number of hydrogen-bond acceptors (Lipinski definition) is 6. The molecule has 0 radical (unpaired) electrons. The van der Waals surface area contributed by atoms with Gasteiger partial charge in [0.2, 0.25) is 0 Å². The van der Waals surface area contributed by atoms with E-state index in [1.54, 1.807) is 55.7 Å². The molecule has 0 saturated heterocycles. The van der Waals surface area contributed by atoms with Crippen LogP contribution in [0.2, 0.25) is 5.02 Å². The fraction of sp³-hybridized carbons (Fsp3) is 0.130. The highest BCUT2D eigenvalue weighted by Gasteiger charge is 2.23. The zero-order chi connectivity index (χ0) is 22.5. The van der Waals surface area contributed by atoms with E-state index in [9.17, 15) is 9.59 Å². The minimum absolute atomic E-state index is 0.331. The zero-order valence-corrected chi connectivity index (χ0v) is 18.6. The Balaban J connectivity index is 1.38.